The number of hydrogen-bond acceptors (Lipinski definition) is 4. The lowest BCUT2D eigenvalue weighted by Crippen LogP contribution is -2.38. The van der Waals surface area contributed by atoms with Crippen LogP contribution in [0.15, 0.2) is 0 Å². The van der Waals surface area contributed by atoms with Crippen molar-refractivity contribution in [1.29, 1.82) is 0 Å². The molecule has 0 aliphatic rings. The van der Waals surface area contributed by atoms with Gasteiger partial charge in [-0.2, -0.15) is 11.8 Å². The third-order valence-electron chi connectivity index (χ3n) is 3.27. The molecule has 0 saturated carbocycles. The van der Waals surface area contributed by atoms with Gasteiger partial charge in [-0.15, -0.1) is 0 Å². The monoisotopic (exact) mass is 281 g/mol. The lowest BCUT2D eigenvalue weighted by atomic mass is 10.0. The first kappa shape index (κ1) is 17.3. The van der Waals surface area contributed by atoms with Gasteiger partial charge in [0.2, 0.25) is 0 Å². The molecule has 0 aromatic rings. The molecule has 104 valence electrons. The van der Waals surface area contributed by atoms with Gasteiger partial charge in [0, 0.05) is 23.6 Å². The topological polar surface area (TPSA) is 46.2 Å². The molecule has 5 heteroatoms. The van der Waals surface area contributed by atoms with E-state index in [1.54, 1.807) is 0 Å². The van der Waals surface area contributed by atoms with Crippen LogP contribution in [-0.4, -0.2) is 44.0 Å². The van der Waals surface area contributed by atoms with Crippen molar-refractivity contribution in [2.75, 3.05) is 30.9 Å². The van der Waals surface area contributed by atoms with Crippen LogP contribution in [0.2, 0.25) is 0 Å². The summed E-state index contributed by atoms with van der Waals surface area (Å²) in [5.74, 6) is 0.572. The molecule has 1 N–H and O–H groups in total. The minimum Gasteiger partial charge on any atom is -0.314 e. The van der Waals surface area contributed by atoms with E-state index < -0.39 is 9.84 Å². The van der Waals surface area contributed by atoms with E-state index >= 15 is 0 Å². The largest absolute Gasteiger partial charge is 0.314 e. The Hall–Kier alpha value is 0.260. The van der Waals surface area contributed by atoms with Crippen LogP contribution in [0.25, 0.3) is 0 Å². The van der Waals surface area contributed by atoms with Gasteiger partial charge in [0.15, 0.2) is 9.84 Å². The van der Waals surface area contributed by atoms with E-state index in [9.17, 15) is 8.42 Å². The van der Waals surface area contributed by atoms with Crippen molar-refractivity contribution < 1.29 is 8.42 Å². The molecule has 0 atom stereocenters. The first-order valence-electron chi connectivity index (χ1n) is 6.41. The van der Waals surface area contributed by atoms with Crippen LogP contribution in [0.5, 0.6) is 0 Å². The quantitative estimate of drug-likeness (QED) is 0.624. The summed E-state index contributed by atoms with van der Waals surface area (Å²) in [5, 5.41) is 3.29. The third-order valence-corrected chi connectivity index (χ3v) is 6.72. The number of hydrogen-bond donors (Lipinski definition) is 1. The van der Waals surface area contributed by atoms with Crippen molar-refractivity contribution >= 4 is 21.6 Å². The molecule has 0 spiro atoms. The van der Waals surface area contributed by atoms with E-state index in [0.717, 1.165) is 19.4 Å². The Morgan fingerprint density at radius 3 is 2.12 bits per heavy atom. The highest BCUT2D eigenvalue weighted by Crippen LogP contribution is 2.29. The third kappa shape index (κ3) is 6.67. The molecule has 0 heterocycles. The normalized spacial score (nSPS) is 12.9. The van der Waals surface area contributed by atoms with Crippen LogP contribution in [-0.2, 0) is 9.84 Å². The van der Waals surface area contributed by atoms with E-state index in [1.807, 2.05) is 18.7 Å². The molecule has 0 saturated heterocycles. The molecule has 0 rings (SSSR count). The van der Waals surface area contributed by atoms with E-state index in [1.165, 1.54) is 0 Å². The molecule has 0 radical (unpaired) electrons. The average Bonchev–Trinajstić information content (AvgIpc) is 2.30. The van der Waals surface area contributed by atoms with Gasteiger partial charge >= 0.3 is 0 Å². The summed E-state index contributed by atoms with van der Waals surface area (Å²) < 4.78 is 23.3. The molecular formula is C12H27NO2S2. The minimum atomic E-state index is -2.84. The SMILES string of the molecule is CCCS(=O)(=O)CCNCC(CC)(CC)SC. The summed E-state index contributed by atoms with van der Waals surface area (Å²) in [6.07, 6.45) is 5.06. The van der Waals surface area contributed by atoms with Crippen LogP contribution < -0.4 is 5.32 Å². The zero-order valence-corrected chi connectivity index (χ0v) is 13.2. The van der Waals surface area contributed by atoms with Gasteiger partial charge < -0.3 is 5.32 Å². The fourth-order valence-corrected chi connectivity index (χ4v) is 3.92. The standard InChI is InChI=1S/C12H27NO2S2/c1-5-9-17(14,15)10-8-13-11-12(6-2,7-3)16-4/h13H,5-11H2,1-4H3. The first-order valence-corrected chi connectivity index (χ1v) is 9.46. The molecule has 0 aliphatic carbocycles. The summed E-state index contributed by atoms with van der Waals surface area (Å²) in [6.45, 7) is 7.75. The van der Waals surface area contributed by atoms with Crippen molar-refractivity contribution in [1.82, 2.24) is 5.32 Å². The van der Waals surface area contributed by atoms with Crippen molar-refractivity contribution in [2.45, 2.75) is 44.8 Å². The number of rotatable bonds is 10. The minimum absolute atomic E-state index is 0.258. The van der Waals surface area contributed by atoms with Crippen LogP contribution in [0, 0.1) is 0 Å². The van der Waals surface area contributed by atoms with E-state index in [-0.39, 0.29) is 10.5 Å². The van der Waals surface area contributed by atoms with Crippen molar-refractivity contribution in [3.8, 4) is 0 Å². The van der Waals surface area contributed by atoms with E-state index in [0.29, 0.717) is 18.7 Å². The molecule has 0 aromatic carbocycles. The molecule has 0 amide bonds. The van der Waals surface area contributed by atoms with Crippen LogP contribution >= 0.6 is 11.8 Å². The van der Waals surface area contributed by atoms with Gasteiger partial charge in [-0.1, -0.05) is 20.8 Å². The Morgan fingerprint density at radius 1 is 1.12 bits per heavy atom. The highest BCUT2D eigenvalue weighted by molar-refractivity contribution is 8.00. The predicted octanol–water partition coefficient (Wildman–Crippen LogP) is 2.32. The Morgan fingerprint density at radius 2 is 1.71 bits per heavy atom. The highest BCUT2D eigenvalue weighted by atomic mass is 32.2. The summed E-state index contributed by atoms with van der Waals surface area (Å²) in [5.41, 5.74) is 0. The van der Waals surface area contributed by atoms with Gasteiger partial charge in [-0.25, -0.2) is 8.42 Å². The summed E-state index contributed by atoms with van der Waals surface area (Å²) in [4.78, 5) is 0. The summed E-state index contributed by atoms with van der Waals surface area (Å²) in [7, 11) is -2.84. The molecule has 17 heavy (non-hydrogen) atoms. The lowest BCUT2D eigenvalue weighted by molar-refractivity contribution is 0.502. The molecular weight excluding hydrogens is 254 g/mol. The second-order valence-corrected chi connectivity index (χ2v) is 8.00. The van der Waals surface area contributed by atoms with Crippen molar-refractivity contribution in [2.24, 2.45) is 0 Å². The van der Waals surface area contributed by atoms with Gasteiger partial charge in [0.25, 0.3) is 0 Å². The summed E-state index contributed by atoms with van der Waals surface area (Å²) in [6, 6.07) is 0. The maximum absolute atomic E-state index is 11.5. The summed E-state index contributed by atoms with van der Waals surface area (Å²) >= 11 is 1.87. The zero-order chi connectivity index (χ0) is 13.4. The fraction of sp³-hybridized carbons (Fsp3) is 1.00. The maximum atomic E-state index is 11.5. The Labute approximate surface area is 111 Å². The Balaban J connectivity index is 3.99. The number of nitrogens with one attached hydrogen (secondary N) is 1. The molecule has 0 unspecified atom stereocenters. The molecule has 0 aliphatic heterocycles. The van der Waals surface area contributed by atoms with Gasteiger partial charge in [-0.3, -0.25) is 0 Å². The fourth-order valence-electron chi connectivity index (χ4n) is 1.82. The Bertz CT molecular complexity index is 277. The predicted molar refractivity (Wildman–Crippen MR) is 78.6 cm³/mol. The molecule has 0 aromatic heterocycles. The number of sulfone groups is 1. The van der Waals surface area contributed by atoms with Gasteiger partial charge in [-0.05, 0) is 25.5 Å². The first-order chi connectivity index (χ1) is 7.95. The highest BCUT2D eigenvalue weighted by Gasteiger charge is 2.24. The molecule has 3 nitrogen and oxygen atoms in total. The molecule has 0 bridgehead atoms. The van der Waals surface area contributed by atoms with Gasteiger partial charge in [0.1, 0.15) is 0 Å². The van der Waals surface area contributed by atoms with Gasteiger partial charge in [0.05, 0.1) is 5.75 Å². The van der Waals surface area contributed by atoms with Crippen LogP contribution in [0.3, 0.4) is 0 Å². The van der Waals surface area contributed by atoms with Crippen LogP contribution in [0.1, 0.15) is 40.0 Å². The second-order valence-electron chi connectivity index (χ2n) is 4.42. The van der Waals surface area contributed by atoms with E-state index in [2.05, 4.69) is 25.4 Å². The smallest absolute Gasteiger partial charge is 0.151 e. The van der Waals surface area contributed by atoms with Crippen LogP contribution in [0.4, 0.5) is 0 Å². The number of thioether (sulfide) groups is 1. The van der Waals surface area contributed by atoms with E-state index in [4.69, 9.17) is 0 Å². The molecule has 0 fully saturated rings. The van der Waals surface area contributed by atoms with Crippen molar-refractivity contribution in [3.63, 3.8) is 0 Å². The maximum Gasteiger partial charge on any atom is 0.151 e. The van der Waals surface area contributed by atoms with Crippen molar-refractivity contribution in [3.05, 3.63) is 0 Å². The second kappa shape index (κ2) is 8.38. The average molecular weight is 281 g/mol. The Kier molecular flexibility index (Phi) is 8.51. The zero-order valence-electron chi connectivity index (χ0n) is 11.6. The lowest BCUT2D eigenvalue weighted by Gasteiger charge is -2.29.